The quantitative estimate of drug-likeness (QED) is 0.725. The number of thiocarbonyl (C=S) groups is 1. The zero-order chi connectivity index (χ0) is 12.3. The standard InChI is InChI=1S/C12H22N2OS/c1-4-12(5-2,10(13)16)11(15)14-9-6-8(3)7-9/h8-9H,4-7H2,1-3H3,(H2,13,16)(H,14,15). The van der Waals surface area contributed by atoms with Gasteiger partial charge in [0, 0.05) is 6.04 Å². The SMILES string of the molecule is CCC(CC)(C(=O)NC1CC(C)C1)C(N)=S. The lowest BCUT2D eigenvalue weighted by molar-refractivity contribution is -0.129. The van der Waals surface area contributed by atoms with E-state index < -0.39 is 5.41 Å². The molecule has 3 N–H and O–H groups in total. The molecule has 0 unspecified atom stereocenters. The van der Waals surface area contributed by atoms with E-state index in [1.807, 2.05) is 13.8 Å². The number of rotatable bonds is 5. The number of nitrogens with one attached hydrogen (secondary N) is 1. The number of hydrogen-bond acceptors (Lipinski definition) is 2. The lowest BCUT2D eigenvalue weighted by Crippen LogP contribution is -2.53. The molecule has 0 atom stereocenters. The molecule has 1 rings (SSSR count). The fraction of sp³-hybridized carbons (Fsp3) is 0.833. The highest BCUT2D eigenvalue weighted by molar-refractivity contribution is 7.80. The molecule has 0 heterocycles. The van der Waals surface area contributed by atoms with Crippen LogP contribution < -0.4 is 11.1 Å². The van der Waals surface area contributed by atoms with Crippen molar-refractivity contribution in [2.75, 3.05) is 0 Å². The third-order valence-electron chi connectivity index (χ3n) is 3.82. The van der Waals surface area contributed by atoms with Crippen molar-refractivity contribution < 1.29 is 4.79 Å². The van der Waals surface area contributed by atoms with Crippen molar-refractivity contribution in [2.24, 2.45) is 17.1 Å². The maximum atomic E-state index is 12.2. The predicted octanol–water partition coefficient (Wildman–Crippen LogP) is 1.99. The second kappa shape index (κ2) is 5.13. The van der Waals surface area contributed by atoms with Gasteiger partial charge < -0.3 is 11.1 Å². The summed E-state index contributed by atoms with van der Waals surface area (Å²) in [7, 11) is 0. The van der Waals surface area contributed by atoms with Gasteiger partial charge in [0.25, 0.3) is 0 Å². The first-order valence-corrected chi connectivity index (χ1v) is 6.48. The van der Waals surface area contributed by atoms with Crippen LogP contribution in [0.3, 0.4) is 0 Å². The third kappa shape index (κ3) is 2.37. The molecule has 0 aromatic carbocycles. The molecule has 1 saturated carbocycles. The molecular formula is C12H22N2OS. The average Bonchev–Trinajstić information content (AvgIpc) is 2.17. The van der Waals surface area contributed by atoms with E-state index in [0.717, 1.165) is 18.8 Å². The Morgan fingerprint density at radius 1 is 1.44 bits per heavy atom. The van der Waals surface area contributed by atoms with E-state index in [9.17, 15) is 4.79 Å². The maximum absolute atomic E-state index is 12.2. The Kier molecular flexibility index (Phi) is 4.30. The average molecular weight is 242 g/mol. The second-order valence-electron chi connectivity index (χ2n) is 4.90. The summed E-state index contributed by atoms with van der Waals surface area (Å²) in [5, 5.41) is 3.06. The highest BCUT2D eigenvalue weighted by atomic mass is 32.1. The van der Waals surface area contributed by atoms with E-state index in [1.165, 1.54) is 0 Å². The van der Waals surface area contributed by atoms with E-state index in [4.69, 9.17) is 18.0 Å². The number of nitrogens with two attached hydrogens (primary N) is 1. The fourth-order valence-corrected chi connectivity index (χ4v) is 2.76. The molecule has 0 aromatic heterocycles. The van der Waals surface area contributed by atoms with Gasteiger partial charge in [-0.1, -0.05) is 33.0 Å². The van der Waals surface area contributed by atoms with Gasteiger partial charge >= 0.3 is 0 Å². The van der Waals surface area contributed by atoms with Crippen molar-refractivity contribution in [2.45, 2.75) is 52.5 Å². The summed E-state index contributed by atoms with van der Waals surface area (Å²) in [5.41, 5.74) is 5.08. The molecule has 0 aliphatic heterocycles. The van der Waals surface area contributed by atoms with E-state index in [-0.39, 0.29) is 5.91 Å². The van der Waals surface area contributed by atoms with Crippen molar-refractivity contribution in [3.8, 4) is 0 Å². The van der Waals surface area contributed by atoms with Crippen LogP contribution >= 0.6 is 12.2 Å². The lowest BCUT2D eigenvalue weighted by Gasteiger charge is -2.37. The van der Waals surface area contributed by atoms with Crippen LogP contribution in [0.5, 0.6) is 0 Å². The lowest BCUT2D eigenvalue weighted by atomic mass is 9.78. The van der Waals surface area contributed by atoms with Crippen LogP contribution in [0, 0.1) is 11.3 Å². The Bertz CT molecular complexity index is 281. The number of carbonyl (C=O) groups excluding carboxylic acids is 1. The first-order valence-electron chi connectivity index (χ1n) is 6.07. The molecule has 0 aromatic rings. The minimum Gasteiger partial charge on any atom is -0.392 e. The van der Waals surface area contributed by atoms with Gasteiger partial charge in [0.05, 0.1) is 10.4 Å². The van der Waals surface area contributed by atoms with E-state index in [1.54, 1.807) is 0 Å². The molecule has 3 nitrogen and oxygen atoms in total. The van der Waals surface area contributed by atoms with Gasteiger partial charge in [-0.25, -0.2) is 0 Å². The van der Waals surface area contributed by atoms with Crippen LogP contribution in [0.1, 0.15) is 46.5 Å². The molecule has 4 heteroatoms. The van der Waals surface area contributed by atoms with Crippen molar-refractivity contribution >= 4 is 23.1 Å². The molecule has 0 bridgehead atoms. The van der Waals surface area contributed by atoms with Crippen LogP contribution in [0.25, 0.3) is 0 Å². The molecule has 1 fully saturated rings. The molecule has 0 saturated heterocycles. The molecule has 16 heavy (non-hydrogen) atoms. The molecule has 1 amide bonds. The van der Waals surface area contributed by atoms with Gasteiger partial charge in [-0.3, -0.25) is 4.79 Å². The summed E-state index contributed by atoms with van der Waals surface area (Å²) in [6.07, 6.45) is 3.50. The van der Waals surface area contributed by atoms with Gasteiger partial charge in [-0.05, 0) is 31.6 Å². The van der Waals surface area contributed by atoms with Crippen molar-refractivity contribution in [3.63, 3.8) is 0 Å². The highest BCUT2D eigenvalue weighted by Crippen LogP contribution is 2.31. The Hall–Kier alpha value is -0.640. The Morgan fingerprint density at radius 2 is 1.94 bits per heavy atom. The largest absolute Gasteiger partial charge is 0.392 e. The van der Waals surface area contributed by atoms with Crippen LogP contribution in [-0.4, -0.2) is 16.9 Å². The summed E-state index contributed by atoms with van der Waals surface area (Å²) >= 11 is 5.05. The summed E-state index contributed by atoms with van der Waals surface area (Å²) in [4.78, 5) is 12.5. The summed E-state index contributed by atoms with van der Waals surface area (Å²) in [5.74, 6) is 0.745. The van der Waals surface area contributed by atoms with Crippen LogP contribution in [0.2, 0.25) is 0 Å². The smallest absolute Gasteiger partial charge is 0.233 e. The monoisotopic (exact) mass is 242 g/mol. The van der Waals surface area contributed by atoms with Crippen molar-refractivity contribution in [3.05, 3.63) is 0 Å². The Morgan fingerprint density at radius 3 is 2.25 bits per heavy atom. The van der Waals surface area contributed by atoms with Crippen LogP contribution in [-0.2, 0) is 4.79 Å². The normalized spacial score (nSPS) is 24.7. The molecular weight excluding hydrogens is 220 g/mol. The second-order valence-corrected chi connectivity index (χ2v) is 5.34. The van der Waals surface area contributed by atoms with Gasteiger partial charge in [0.15, 0.2) is 0 Å². The van der Waals surface area contributed by atoms with Gasteiger partial charge in [-0.15, -0.1) is 0 Å². The molecule has 1 aliphatic carbocycles. The zero-order valence-electron chi connectivity index (χ0n) is 10.4. The van der Waals surface area contributed by atoms with Crippen molar-refractivity contribution in [1.82, 2.24) is 5.32 Å². The fourth-order valence-electron chi connectivity index (χ4n) is 2.38. The summed E-state index contributed by atoms with van der Waals surface area (Å²) < 4.78 is 0. The molecule has 92 valence electrons. The zero-order valence-corrected chi connectivity index (χ0v) is 11.2. The first-order chi connectivity index (χ1) is 7.46. The minimum atomic E-state index is -0.645. The van der Waals surface area contributed by atoms with Gasteiger partial charge in [0.1, 0.15) is 0 Å². The third-order valence-corrected chi connectivity index (χ3v) is 4.21. The Labute approximate surface area is 103 Å². The summed E-state index contributed by atoms with van der Waals surface area (Å²) in [6.45, 7) is 6.13. The van der Waals surface area contributed by atoms with Crippen LogP contribution in [0.15, 0.2) is 0 Å². The molecule has 0 radical (unpaired) electrons. The molecule has 0 spiro atoms. The molecule has 1 aliphatic rings. The van der Waals surface area contributed by atoms with Gasteiger partial charge in [-0.2, -0.15) is 0 Å². The highest BCUT2D eigenvalue weighted by Gasteiger charge is 2.40. The maximum Gasteiger partial charge on any atom is 0.233 e. The predicted molar refractivity (Wildman–Crippen MR) is 70.1 cm³/mol. The van der Waals surface area contributed by atoms with E-state index in [2.05, 4.69) is 12.2 Å². The van der Waals surface area contributed by atoms with Crippen molar-refractivity contribution in [1.29, 1.82) is 0 Å². The van der Waals surface area contributed by atoms with Gasteiger partial charge in [0.2, 0.25) is 5.91 Å². The minimum absolute atomic E-state index is 0.0156. The van der Waals surface area contributed by atoms with E-state index >= 15 is 0 Å². The first kappa shape index (κ1) is 13.4. The topological polar surface area (TPSA) is 55.1 Å². The Balaban J connectivity index is 2.64. The van der Waals surface area contributed by atoms with E-state index in [0.29, 0.717) is 23.9 Å². The van der Waals surface area contributed by atoms with Crippen LogP contribution in [0.4, 0.5) is 0 Å². The number of hydrogen-bond donors (Lipinski definition) is 2. The summed E-state index contributed by atoms with van der Waals surface area (Å²) in [6, 6.07) is 0.328. The number of amides is 1. The number of carbonyl (C=O) groups is 1.